The molecule has 0 spiro atoms. The van der Waals surface area contributed by atoms with Crippen LogP contribution in [0.2, 0.25) is 0 Å². The third-order valence-corrected chi connectivity index (χ3v) is 5.83. The van der Waals surface area contributed by atoms with Crippen LogP contribution in [0.1, 0.15) is 24.2 Å². The van der Waals surface area contributed by atoms with Crippen molar-refractivity contribution in [3.05, 3.63) is 29.8 Å². The summed E-state index contributed by atoms with van der Waals surface area (Å²) in [5.74, 6) is -0.163. The number of rotatable bonds is 6. The lowest BCUT2D eigenvalue weighted by atomic mass is 10.1. The first-order chi connectivity index (χ1) is 10.5. The van der Waals surface area contributed by atoms with Crippen molar-refractivity contribution in [2.45, 2.75) is 27.8 Å². The van der Waals surface area contributed by atoms with E-state index in [4.69, 9.17) is 0 Å². The zero-order valence-electron chi connectivity index (χ0n) is 12.3. The fourth-order valence-corrected chi connectivity index (χ4v) is 4.17. The number of nitrogens with zero attached hydrogens (tertiary/aromatic N) is 2. The van der Waals surface area contributed by atoms with Crippen molar-refractivity contribution in [1.29, 1.82) is 0 Å². The number of thioether (sulfide) groups is 2. The molecular weight excluding hydrogens is 338 g/mol. The fourth-order valence-electron chi connectivity index (χ4n) is 1.59. The summed E-state index contributed by atoms with van der Waals surface area (Å²) in [6, 6.07) is 6.91. The van der Waals surface area contributed by atoms with Crippen LogP contribution >= 0.6 is 34.9 Å². The lowest BCUT2D eigenvalue weighted by molar-refractivity contribution is -0.115. The molecule has 0 radical (unpaired) electrons. The number of Topliss-reactive ketones (excluding diaryl/α,β-unsaturated/α-hetero) is 1. The van der Waals surface area contributed by atoms with Crippen LogP contribution in [0.3, 0.4) is 0 Å². The number of ketones is 1. The molecule has 22 heavy (non-hydrogen) atoms. The van der Waals surface area contributed by atoms with Crippen LogP contribution in [0, 0.1) is 0 Å². The zero-order valence-corrected chi connectivity index (χ0v) is 14.8. The van der Waals surface area contributed by atoms with E-state index in [1.54, 1.807) is 24.3 Å². The van der Waals surface area contributed by atoms with E-state index in [-0.39, 0.29) is 16.9 Å². The molecule has 0 saturated heterocycles. The van der Waals surface area contributed by atoms with Gasteiger partial charge in [0.05, 0.1) is 5.25 Å². The number of benzene rings is 1. The van der Waals surface area contributed by atoms with E-state index >= 15 is 0 Å². The fraction of sp³-hybridized carbons (Fsp3) is 0.286. The van der Waals surface area contributed by atoms with Crippen LogP contribution in [-0.4, -0.2) is 33.4 Å². The van der Waals surface area contributed by atoms with Gasteiger partial charge in [0, 0.05) is 11.3 Å². The Bertz CT molecular complexity index is 687. The highest BCUT2D eigenvalue weighted by molar-refractivity contribution is 8.03. The van der Waals surface area contributed by atoms with Crippen molar-refractivity contribution < 1.29 is 9.59 Å². The number of carbonyl (C=O) groups is 2. The monoisotopic (exact) mass is 353 g/mol. The van der Waals surface area contributed by atoms with E-state index in [1.807, 2.05) is 13.2 Å². The summed E-state index contributed by atoms with van der Waals surface area (Å²) in [6.07, 6.45) is 1.94. The quantitative estimate of drug-likeness (QED) is 0.632. The lowest BCUT2D eigenvalue weighted by Crippen LogP contribution is -2.22. The van der Waals surface area contributed by atoms with E-state index in [9.17, 15) is 9.59 Å². The summed E-state index contributed by atoms with van der Waals surface area (Å²) < 4.78 is 1.65. The first-order valence-corrected chi connectivity index (χ1v) is 9.37. The Hall–Kier alpha value is -1.38. The zero-order chi connectivity index (χ0) is 16.1. The lowest BCUT2D eigenvalue weighted by Gasteiger charge is -2.10. The van der Waals surface area contributed by atoms with Gasteiger partial charge < -0.3 is 5.32 Å². The van der Waals surface area contributed by atoms with Gasteiger partial charge in [0.1, 0.15) is 0 Å². The largest absolute Gasteiger partial charge is 0.325 e. The van der Waals surface area contributed by atoms with Gasteiger partial charge in [-0.1, -0.05) is 47.0 Å². The normalized spacial score (nSPS) is 12.0. The Kier molecular flexibility index (Phi) is 5.98. The second kappa shape index (κ2) is 7.75. The maximum absolute atomic E-state index is 12.2. The first kappa shape index (κ1) is 17.0. The minimum atomic E-state index is -0.302. The topological polar surface area (TPSA) is 72.0 Å². The van der Waals surface area contributed by atoms with Gasteiger partial charge in [-0.15, -0.1) is 10.2 Å². The Balaban J connectivity index is 1.99. The van der Waals surface area contributed by atoms with Gasteiger partial charge in [0.2, 0.25) is 5.91 Å². The average Bonchev–Trinajstić information content (AvgIpc) is 2.95. The van der Waals surface area contributed by atoms with Gasteiger partial charge in [-0.2, -0.15) is 0 Å². The summed E-state index contributed by atoms with van der Waals surface area (Å²) in [5.41, 5.74) is 1.19. The Morgan fingerprint density at radius 1 is 1.27 bits per heavy atom. The molecule has 2 aromatic rings. The molecule has 0 aliphatic carbocycles. The number of hydrogen-bond acceptors (Lipinski definition) is 7. The van der Waals surface area contributed by atoms with Gasteiger partial charge in [-0.25, -0.2) is 0 Å². The van der Waals surface area contributed by atoms with Crippen molar-refractivity contribution in [2.24, 2.45) is 0 Å². The van der Waals surface area contributed by atoms with Crippen LogP contribution < -0.4 is 5.32 Å². The molecule has 5 nitrogen and oxygen atoms in total. The molecule has 8 heteroatoms. The number of hydrogen-bond donors (Lipinski definition) is 1. The minimum Gasteiger partial charge on any atom is -0.325 e. The van der Waals surface area contributed by atoms with Crippen LogP contribution in [-0.2, 0) is 4.79 Å². The summed E-state index contributed by atoms with van der Waals surface area (Å²) in [5, 5.41) is 10.6. The van der Waals surface area contributed by atoms with E-state index in [1.165, 1.54) is 41.8 Å². The average molecular weight is 353 g/mol. The summed E-state index contributed by atoms with van der Waals surface area (Å²) in [7, 11) is 0. The van der Waals surface area contributed by atoms with E-state index in [0.29, 0.717) is 11.3 Å². The predicted molar refractivity (Wildman–Crippen MR) is 92.1 cm³/mol. The highest BCUT2D eigenvalue weighted by atomic mass is 32.2. The minimum absolute atomic E-state index is 0.0306. The van der Waals surface area contributed by atoms with Gasteiger partial charge in [0.15, 0.2) is 14.5 Å². The maximum atomic E-state index is 12.2. The maximum Gasteiger partial charge on any atom is 0.237 e. The molecule has 1 N–H and O–H groups in total. The van der Waals surface area contributed by atoms with Crippen molar-refractivity contribution in [1.82, 2.24) is 10.2 Å². The number of amides is 1. The molecule has 1 atom stereocenters. The highest BCUT2D eigenvalue weighted by Crippen LogP contribution is 2.30. The second-order valence-electron chi connectivity index (χ2n) is 4.42. The third kappa shape index (κ3) is 4.56. The van der Waals surface area contributed by atoms with Crippen LogP contribution in [0.25, 0.3) is 0 Å². The molecule has 1 heterocycles. The standard InChI is InChI=1S/C14H15N3O2S3/c1-8(18)10-5-4-6-11(7-10)15-12(19)9(2)21-14-17-16-13(20-3)22-14/h4-7,9H,1-3H3,(H,15,19)/t9-/m1/s1. The number of aromatic nitrogens is 2. The SMILES string of the molecule is CSc1nnc(S[C@H](C)C(=O)Nc2cccc(C(C)=O)c2)s1. The highest BCUT2D eigenvalue weighted by Gasteiger charge is 2.17. The van der Waals surface area contributed by atoms with E-state index in [0.717, 1.165) is 8.68 Å². The van der Waals surface area contributed by atoms with Gasteiger partial charge >= 0.3 is 0 Å². The van der Waals surface area contributed by atoms with E-state index in [2.05, 4.69) is 15.5 Å². The molecule has 0 unspecified atom stereocenters. The summed E-state index contributed by atoms with van der Waals surface area (Å²) >= 11 is 4.37. The van der Waals surface area contributed by atoms with Crippen molar-refractivity contribution >= 4 is 52.2 Å². The smallest absolute Gasteiger partial charge is 0.237 e. The molecule has 2 rings (SSSR count). The van der Waals surface area contributed by atoms with Crippen molar-refractivity contribution in [2.75, 3.05) is 11.6 Å². The Morgan fingerprint density at radius 2 is 2.00 bits per heavy atom. The van der Waals surface area contributed by atoms with Gasteiger partial charge in [-0.3, -0.25) is 9.59 Å². The number of nitrogens with one attached hydrogen (secondary N) is 1. The molecule has 0 saturated carbocycles. The third-order valence-electron chi connectivity index (χ3n) is 2.75. The Labute approximate surface area is 141 Å². The Morgan fingerprint density at radius 3 is 2.64 bits per heavy atom. The molecule has 1 aromatic carbocycles. The van der Waals surface area contributed by atoms with Crippen LogP contribution in [0.4, 0.5) is 5.69 Å². The van der Waals surface area contributed by atoms with Crippen LogP contribution in [0.5, 0.6) is 0 Å². The predicted octanol–water partition coefficient (Wildman–Crippen LogP) is 3.58. The number of anilines is 1. The first-order valence-electron chi connectivity index (χ1n) is 6.45. The van der Waals surface area contributed by atoms with Crippen molar-refractivity contribution in [3.63, 3.8) is 0 Å². The molecular formula is C14H15N3O2S3. The van der Waals surface area contributed by atoms with Crippen LogP contribution in [0.15, 0.2) is 32.9 Å². The molecule has 116 valence electrons. The molecule has 1 amide bonds. The van der Waals surface area contributed by atoms with Gasteiger partial charge in [-0.05, 0) is 32.2 Å². The van der Waals surface area contributed by atoms with Gasteiger partial charge in [0.25, 0.3) is 0 Å². The second-order valence-corrected chi connectivity index (χ2v) is 8.04. The summed E-state index contributed by atoms with van der Waals surface area (Å²) in [6.45, 7) is 3.31. The number of carbonyl (C=O) groups excluding carboxylic acids is 2. The van der Waals surface area contributed by atoms with E-state index < -0.39 is 0 Å². The molecule has 1 aromatic heterocycles. The molecule has 0 fully saturated rings. The molecule has 0 aliphatic heterocycles. The molecule has 0 aliphatic rings. The molecule has 0 bridgehead atoms. The van der Waals surface area contributed by atoms with Crippen molar-refractivity contribution in [3.8, 4) is 0 Å². The summed E-state index contributed by atoms with van der Waals surface area (Å²) in [4.78, 5) is 23.6.